The van der Waals surface area contributed by atoms with Crippen LogP contribution in [-0.4, -0.2) is 52.7 Å². The van der Waals surface area contributed by atoms with Gasteiger partial charge in [0.15, 0.2) is 6.23 Å². The maximum atomic E-state index is 12.6. The highest BCUT2D eigenvalue weighted by Crippen LogP contribution is 2.13. The first-order valence-corrected chi connectivity index (χ1v) is 12.4. The minimum atomic E-state index is -1.56. The third kappa shape index (κ3) is 9.56. The molecule has 0 heterocycles. The van der Waals surface area contributed by atoms with Crippen LogP contribution in [0.2, 0.25) is 0 Å². The maximum Gasteiger partial charge on any atom is 0.412 e. The number of hydroxylamine groups is 1. The lowest BCUT2D eigenvalue weighted by Crippen LogP contribution is -2.52. The van der Waals surface area contributed by atoms with Crippen molar-refractivity contribution in [2.24, 2.45) is 0 Å². The summed E-state index contributed by atoms with van der Waals surface area (Å²) in [6.45, 7) is 4.74. The second-order valence-corrected chi connectivity index (χ2v) is 9.61. The Kier molecular flexibility index (Phi) is 10.4. The molecule has 0 saturated carbocycles. The van der Waals surface area contributed by atoms with Crippen LogP contribution in [0.15, 0.2) is 78.9 Å². The summed E-state index contributed by atoms with van der Waals surface area (Å²) < 4.78 is 5.23. The van der Waals surface area contributed by atoms with E-state index in [1.54, 1.807) is 87.5 Å². The molecule has 0 aromatic heterocycles. The lowest BCUT2D eigenvalue weighted by atomic mass is 10.1. The fourth-order valence-corrected chi connectivity index (χ4v) is 3.21. The molecule has 3 aromatic rings. The predicted octanol–water partition coefficient (Wildman–Crippen LogP) is 3.20. The van der Waals surface area contributed by atoms with E-state index >= 15 is 0 Å². The lowest BCUT2D eigenvalue weighted by molar-refractivity contribution is -0.0515. The average molecular weight is 546 g/mol. The molecule has 0 spiro atoms. The molecule has 208 valence electrons. The van der Waals surface area contributed by atoms with E-state index in [1.165, 1.54) is 12.1 Å². The van der Waals surface area contributed by atoms with Crippen molar-refractivity contribution in [1.82, 2.24) is 10.8 Å². The van der Waals surface area contributed by atoms with Crippen LogP contribution in [0.4, 0.5) is 10.5 Å². The van der Waals surface area contributed by atoms with Crippen molar-refractivity contribution in [1.29, 1.82) is 0 Å². The fraction of sp³-hybridized carbons (Fsp3) is 0.233. The molecule has 2 atom stereocenters. The Balaban J connectivity index is 1.52. The largest absolute Gasteiger partial charge is 0.444 e. The number of amides is 2. The summed E-state index contributed by atoms with van der Waals surface area (Å²) in [4.78, 5) is 41.3. The van der Waals surface area contributed by atoms with Gasteiger partial charge in [-0.2, -0.15) is 0 Å². The first kappa shape index (κ1) is 29.9. The number of carbonyl (C=O) groups is 3. The van der Waals surface area contributed by atoms with Crippen molar-refractivity contribution in [2.75, 3.05) is 11.9 Å². The number of anilines is 1. The Morgan fingerprint density at radius 2 is 1.43 bits per heavy atom. The Bertz CT molecular complexity index is 1360. The zero-order valence-corrected chi connectivity index (χ0v) is 22.3. The summed E-state index contributed by atoms with van der Waals surface area (Å²) in [6, 6.07) is 20.3. The summed E-state index contributed by atoms with van der Waals surface area (Å²) in [5.41, 5.74) is 4.03. The highest BCUT2D eigenvalue weighted by atomic mass is 16.7. The van der Waals surface area contributed by atoms with Crippen molar-refractivity contribution in [2.45, 2.75) is 38.6 Å². The third-order valence-electron chi connectivity index (χ3n) is 5.20. The topological polar surface area (TPSA) is 146 Å². The Morgan fingerprint density at radius 3 is 1.98 bits per heavy atom. The number of carbonyl (C=O) groups excluding carboxylic acids is 3. The molecule has 0 radical (unpaired) electrons. The summed E-state index contributed by atoms with van der Waals surface area (Å²) in [7, 11) is 0. The molecule has 10 heteroatoms. The van der Waals surface area contributed by atoms with Gasteiger partial charge in [0.05, 0.1) is 18.2 Å². The van der Waals surface area contributed by atoms with Crippen LogP contribution in [-0.2, 0) is 9.57 Å². The molecule has 5 N–H and O–H groups in total. The van der Waals surface area contributed by atoms with E-state index in [0.717, 1.165) is 5.56 Å². The molecule has 2 amide bonds. The predicted molar refractivity (Wildman–Crippen MR) is 148 cm³/mol. The molecular weight excluding hydrogens is 514 g/mol. The monoisotopic (exact) mass is 545 g/mol. The van der Waals surface area contributed by atoms with Gasteiger partial charge in [-0.3, -0.25) is 10.1 Å². The Morgan fingerprint density at radius 1 is 0.850 bits per heavy atom. The van der Waals surface area contributed by atoms with Crippen LogP contribution >= 0.6 is 0 Å². The van der Waals surface area contributed by atoms with Gasteiger partial charge in [-0.15, -0.1) is 5.48 Å². The number of benzene rings is 3. The average Bonchev–Trinajstić information content (AvgIpc) is 2.93. The quantitative estimate of drug-likeness (QED) is 0.165. The highest BCUT2D eigenvalue weighted by Gasteiger charge is 2.23. The van der Waals surface area contributed by atoms with Crippen LogP contribution in [0.1, 0.15) is 52.6 Å². The number of rotatable bonds is 8. The van der Waals surface area contributed by atoms with E-state index in [-0.39, 0.29) is 11.1 Å². The molecule has 1 unspecified atom stereocenters. The molecule has 40 heavy (non-hydrogen) atoms. The maximum absolute atomic E-state index is 12.6. The van der Waals surface area contributed by atoms with E-state index in [1.807, 2.05) is 0 Å². The number of hydrogen-bond donors (Lipinski definition) is 5. The zero-order valence-electron chi connectivity index (χ0n) is 22.3. The van der Waals surface area contributed by atoms with Gasteiger partial charge in [0.2, 0.25) is 0 Å². The van der Waals surface area contributed by atoms with Crippen molar-refractivity contribution < 1.29 is 34.2 Å². The number of nitrogens with one attached hydrogen (secondary N) is 3. The lowest BCUT2D eigenvalue weighted by Gasteiger charge is -2.22. The molecule has 3 aromatic carbocycles. The number of ether oxygens (including phenoxy) is 1. The number of hydrogen-bond acceptors (Lipinski definition) is 8. The molecule has 0 fully saturated rings. The van der Waals surface area contributed by atoms with Crippen LogP contribution in [0.3, 0.4) is 0 Å². The molecule has 3 rings (SSSR count). The standard InChI is InChI=1S/C30H31N3O7/c1-30(2,3)39-29(38)31-24-17-13-21(14-18-24)10-9-20-11-15-22(16-12-20)26(35)32-25(19-34)27(36)33-40-28(37)23-7-5-4-6-8-23/h4-8,11-18,25,27,33-34,36H,19H2,1-3H3,(H,31,38)(H,32,35)/t25-,27?/m1/s1. The fourth-order valence-electron chi connectivity index (χ4n) is 3.21. The second-order valence-electron chi connectivity index (χ2n) is 9.61. The smallest absolute Gasteiger partial charge is 0.412 e. The van der Waals surface area contributed by atoms with Crippen LogP contribution in [0.5, 0.6) is 0 Å². The minimum absolute atomic E-state index is 0.266. The summed E-state index contributed by atoms with van der Waals surface area (Å²) in [5, 5.41) is 25.0. The van der Waals surface area contributed by atoms with Gasteiger partial charge >= 0.3 is 12.1 Å². The molecule has 0 aliphatic carbocycles. The van der Waals surface area contributed by atoms with Gasteiger partial charge in [-0.25, -0.2) is 9.59 Å². The SMILES string of the molecule is CC(C)(C)OC(=O)Nc1ccc(C#Cc2ccc(C(=O)N[C@H](CO)C(O)NOC(=O)c3ccccc3)cc2)cc1. The minimum Gasteiger partial charge on any atom is -0.444 e. The second kappa shape index (κ2) is 13.9. The van der Waals surface area contributed by atoms with E-state index < -0.39 is 42.4 Å². The zero-order chi connectivity index (χ0) is 29.1. The van der Waals surface area contributed by atoms with E-state index in [4.69, 9.17) is 9.57 Å². The Hall–Kier alpha value is -4.69. The van der Waals surface area contributed by atoms with Gasteiger partial charge in [0.1, 0.15) is 5.60 Å². The Labute approximate surface area is 232 Å². The van der Waals surface area contributed by atoms with Crippen LogP contribution < -0.4 is 16.1 Å². The van der Waals surface area contributed by atoms with Crippen molar-refractivity contribution in [3.8, 4) is 11.8 Å². The van der Waals surface area contributed by atoms with Crippen LogP contribution in [0.25, 0.3) is 0 Å². The van der Waals surface area contributed by atoms with E-state index in [2.05, 4.69) is 28.0 Å². The molecule has 0 saturated heterocycles. The van der Waals surface area contributed by atoms with Gasteiger partial charge in [-0.1, -0.05) is 30.0 Å². The molecule has 0 aliphatic rings. The first-order chi connectivity index (χ1) is 19.0. The van der Waals surface area contributed by atoms with Crippen molar-refractivity contribution in [3.05, 3.63) is 101 Å². The first-order valence-electron chi connectivity index (χ1n) is 12.4. The highest BCUT2D eigenvalue weighted by molar-refractivity contribution is 5.94. The molecule has 0 bridgehead atoms. The van der Waals surface area contributed by atoms with Crippen LogP contribution in [0, 0.1) is 11.8 Å². The molecular formula is C30H31N3O7. The van der Waals surface area contributed by atoms with E-state index in [9.17, 15) is 24.6 Å². The third-order valence-corrected chi connectivity index (χ3v) is 5.20. The van der Waals surface area contributed by atoms with Crippen molar-refractivity contribution in [3.63, 3.8) is 0 Å². The number of aliphatic hydroxyl groups excluding tert-OH is 2. The van der Waals surface area contributed by atoms with E-state index in [0.29, 0.717) is 11.3 Å². The summed E-state index contributed by atoms with van der Waals surface area (Å²) in [5.74, 6) is 4.72. The molecule has 0 aliphatic heterocycles. The van der Waals surface area contributed by atoms with Gasteiger partial charge < -0.3 is 25.1 Å². The number of aliphatic hydroxyl groups is 2. The normalized spacial score (nSPS) is 12.2. The van der Waals surface area contributed by atoms with Crippen molar-refractivity contribution >= 4 is 23.7 Å². The summed E-state index contributed by atoms with van der Waals surface area (Å²) >= 11 is 0. The van der Waals surface area contributed by atoms with Gasteiger partial charge in [-0.05, 0) is 81.4 Å². The summed E-state index contributed by atoms with van der Waals surface area (Å²) in [6.07, 6.45) is -2.10. The van der Waals surface area contributed by atoms with Gasteiger partial charge in [0.25, 0.3) is 5.91 Å². The van der Waals surface area contributed by atoms with Gasteiger partial charge in [0, 0.05) is 22.4 Å². The molecule has 10 nitrogen and oxygen atoms in total.